The van der Waals surface area contributed by atoms with Crippen LogP contribution in [0.5, 0.6) is 0 Å². The molecule has 1 unspecified atom stereocenters. The highest BCUT2D eigenvalue weighted by Gasteiger charge is 2.18. The van der Waals surface area contributed by atoms with Crippen LogP contribution in [0.4, 0.5) is 0 Å². The Morgan fingerprint density at radius 2 is 1.89 bits per heavy atom. The zero-order valence-electron chi connectivity index (χ0n) is 12.3. The molecule has 1 aliphatic carbocycles. The number of hydrogen-bond acceptors (Lipinski definition) is 1. The van der Waals surface area contributed by atoms with Crippen LogP contribution in [-0.2, 0) is 0 Å². The van der Waals surface area contributed by atoms with E-state index in [1.807, 2.05) is 0 Å². The van der Waals surface area contributed by atoms with Crippen LogP contribution in [0, 0.1) is 11.8 Å². The van der Waals surface area contributed by atoms with Crippen LogP contribution in [-0.4, -0.2) is 30.5 Å². The van der Waals surface area contributed by atoms with Crippen molar-refractivity contribution in [3.63, 3.8) is 0 Å². The minimum Gasteiger partial charge on any atom is -0.370 e. The van der Waals surface area contributed by atoms with Crippen molar-refractivity contribution in [2.75, 3.05) is 19.6 Å². The monoisotopic (exact) mass is 379 g/mol. The molecule has 1 atom stereocenters. The Labute approximate surface area is 135 Å². The number of nitrogens with two attached hydrogens (primary N) is 1. The van der Waals surface area contributed by atoms with Gasteiger partial charge in [-0.05, 0) is 31.1 Å². The third-order valence-electron chi connectivity index (χ3n) is 4.52. The van der Waals surface area contributed by atoms with E-state index in [9.17, 15) is 0 Å². The van der Waals surface area contributed by atoms with Crippen molar-refractivity contribution in [2.45, 2.75) is 58.3 Å². The molecule has 0 aromatic heterocycles. The van der Waals surface area contributed by atoms with Crippen molar-refractivity contribution in [3.05, 3.63) is 0 Å². The summed E-state index contributed by atoms with van der Waals surface area (Å²) in [5.41, 5.74) is 6.10. The molecule has 2 fully saturated rings. The summed E-state index contributed by atoms with van der Waals surface area (Å²) in [6.07, 6.45) is 11.0. The first-order valence-corrected chi connectivity index (χ1v) is 7.80. The first kappa shape index (κ1) is 17.1. The third kappa shape index (κ3) is 5.88. The number of hydrogen-bond donors (Lipinski definition) is 1. The van der Waals surface area contributed by atoms with Gasteiger partial charge >= 0.3 is 0 Å². The second-order valence-electron chi connectivity index (χ2n) is 6.23. The van der Waals surface area contributed by atoms with Crippen LogP contribution in [0.2, 0.25) is 0 Å². The van der Waals surface area contributed by atoms with Gasteiger partial charge < -0.3 is 10.6 Å². The molecule has 2 N–H and O–H groups in total. The molecule has 0 spiro atoms. The summed E-state index contributed by atoms with van der Waals surface area (Å²) in [7, 11) is 0. The van der Waals surface area contributed by atoms with E-state index in [1.165, 1.54) is 51.4 Å². The molecule has 0 bridgehead atoms. The molecule has 0 aromatic rings. The maximum atomic E-state index is 6.10. The van der Waals surface area contributed by atoms with E-state index >= 15 is 0 Å². The van der Waals surface area contributed by atoms with Gasteiger partial charge in [-0.15, -0.1) is 24.0 Å². The Balaban J connectivity index is 0.00000180. The van der Waals surface area contributed by atoms with Gasteiger partial charge in [0.15, 0.2) is 5.96 Å². The largest absolute Gasteiger partial charge is 0.370 e. The van der Waals surface area contributed by atoms with Crippen molar-refractivity contribution >= 4 is 29.9 Å². The van der Waals surface area contributed by atoms with Crippen LogP contribution in [0.15, 0.2) is 4.99 Å². The van der Waals surface area contributed by atoms with E-state index in [-0.39, 0.29) is 24.0 Å². The lowest BCUT2D eigenvalue weighted by molar-refractivity contribution is 0.269. The van der Waals surface area contributed by atoms with Crippen LogP contribution in [0.1, 0.15) is 58.3 Å². The summed E-state index contributed by atoms with van der Waals surface area (Å²) in [5, 5.41) is 0. The number of nitrogens with zero attached hydrogens (tertiary/aromatic N) is 2. The molecule has 3 nitrogen and oxygen atoms in total. The molecule has 1 saturated heterocycles. The quantitative estimate of drug-likeness (QED) is 0.462. The molecular weight excluding hydrogens is 349 g/mol. The van der Waals surface area contributed by atoms with Crippen LogP contribution >= 0.6 is 24.0 Å². The summed E-state index contributed by atoms with van der Waals surface area (Å²) in [6.45, 7) is 5.44. The maximum Gasteiger partial charge on any atom is 0.191 e. The van der Waals surface area contributed by atoms with Crippen molar-refractivity contribution in [3.8, 4) is 0 Å². The van der Waals surface area contributed by atoms with E-state index in [1.54, 1.807) is 0 Å². The molecule has 1 aliphatic heterocycles. The molecular formula is C15H30IN3. The molecule has 2 aliphatic rings. The van der Waals surface area contributed by atoms with Crippen molar-refractivity contribution < 1.29 is 0 Å². The number of piperidine rings is 1. The van der Waals surface area contributed by atoms with Crippen molar-refractivity contribution in [1.29, 1.82) is 0 Å². The van der Waals surface area contributed by atoms with Gasteiger partial charge in [0.25, 0.3) is 0 Å². The van der Waals surface area contributed by atoms with Gasteiger partial charge in [-0.1, -0.05) is 39.0 Å². The highest BCUT2D eigenvalue weighted by atomic mass is 127. The van der Waals surface area contributed by atoms with E-state index in [0.717, 1.165) is 37.4 Å². The van der Waals surface area contributed by atoms with Crippen LogP contribution in [0.3, 0.4) is 0 Å². The zero-order valence-corrected chi connectivity index (χ0v) is 14.6. The molecule has 0 radical (unpaired) electrons. The van der Waals surface area contributed by atoms with Gasteiger partial charge in [0.1, 0.15) is 0 Å². The SMILES string of the molecule is CC1CCCN(C(N)=NCCC2CCCCC2)C1.I. The normalized spacial score (nSPS) is 26.1. The van der Waals surface area contributed by atoms with Gasteiger partial charge in [0.05, 0.1) is 0 Å². The molecule has 4 heteroatoms. The molecule has 0 aromatic carbocycles. The minimum atomic E-state index is 0. The summed E-state index contributed by atoms with van der Waals surface area (Å²) in [4.78, 5) is 6.87. The Kier molecular flexibility index (Phi) is 8.11. The topological polar surface area (TPSA) is 41.6 Å². The molecule has 112 valence electrons. The average molecular weight is 379 g/mol. The number of aliphatic imine (C=N–C) groups is 1. The van der Waals surface area contributed by atoms with E-state index in [4.69, 9.17) is 5.73 Å². The highest BCUT2D eigenvalue weighted by Crippen LogP contribution is 2.26. The highest BCUT2D eigenvalue weighted by molar-refractivity contribution is 14.0. The minimum absolute atomic E-state index is 0. The fourth-order valence-electron chi connectivity index (χ4n) is 3.33. The molecule has 2 rings (SSSR count). The molecule has 19 heavy (non-hydrogen) atoms. The van der Waals surface area contributed by atoms with Crippen LogP contribution in [0.25, 0.3) is 0 Å². The van der Waals surface area contributed by atoms with E-state index in [2.05, 4.69) is 16.8 Å². The summed E-state index contributed by atoms with van der Waals surface area (Å²) in [6, 6.07) is 0. The van der Waals surface area contributed by atoms with Gasteiger partial charge in [-0.25, -0.2) is 0 Å². The summed E-state index contributed by atoms with van der Waals surface area (Å²) in [5.74, 6) is 2.47. The van der Waals surface area contributed by atoms with Gasteiger partial charge in [-0.2, -0.15) is 0 Å². The van der Waals surface area contributed by atoms with E-state index < -0.39 is 0 Å². The standard InChI is InChI=1S/C15H29N3.HI/c1-13-6-5-11-18(12-13)15(16)17-10-9-14-7-3-2-4-8-14;/h13-14H,2-12H2,1H3,(H2,16,17);1H. The maximum absolute atomic E-state index is 6.10. The van der Waals surface area contributed by atoms with Crippen molar-refractivity contribution in [2.24, 2.45) is 22.6 Å². The van der Waals surface area contributed by atoms with Gasteiger partial charge in [0, 0.05) is 19.6 Å². The second kappa shape index (κ2) is 9.03. The first-order valence-electron chi connectivity index (χ1n) is 7.80. The predicted molar refractivity (Wildman–Crippen MR) is 93.1 cm³/mol. The first-order chi connectivity index (χ1) is 8.75. The second-order valence-corrected chi connectivity index (χ2v) is 6.23. The Hall–Kier alpha value is 0. The smallest absolute Gasteiger partial charge is 0.191 e. The Morgan fingerprint density at radius 3 is 2.58 bits per heavy atom. The van der Waals surface area contributed by atoms with Crippen molar-refractivity contribution in [1.82, 2.24) is 4.90 Å². The lowest BCUT2D eigenvalue weighted by Gasteiger charge is -2.31. The zero-order chi connectivity index (χ0) is 12.8. The van der Waals surface area contributed by atoms with Crippen LogP contribution < -0.4 is 5.73 Å². The summed E-state index contributed by atoms with van der Waals surface area (Å²) >= 11 is 0. The lowest BCUT2D eigenvalue weighted by Crippen LogP contribution is -2.43. The number of likely N-dealkylation sites (tertiary alicyclic amines) is 1. The summed E-state index contributed by atoms with van der Waals surface area (Å²) < 4.78 is 0. The number of rotatable bonds is 3. The number of guanidine groups is 1. The van der Waals surface area contributed by atoms with Gasteiger partial charge in [-0.3, -0.25) is 4.99 Å². The molecule has 0 amide bonds. The molecule has 1 heterocycles. The number of halogens is 1. The fraction of sp³-hybridized carbons (Fsp3) is 0.933. The predicted octanol–water partition coefficient (Wildman–Crippen LogP) is 3.62. The fourth-order valence-corrected chi connectivity index (χ4v) is 3.33. The van der Waals surface area contributed by atoms with E-state index in [0.29, 0.717) is 0 Å². The average Bonchev–Trinajstić information content (AvgIpc) is 2.40. The lowest BCUT2D eigenvalue weighted by atomic mass is 9.87. The Morgan fingerprint density at radius 1 is 1.16 bits per heavy atom. The third-order valence-corrected chi connectivity index (χ3v) is 4.52. The molecule has 1 saturated carbocycles. The van der Waals surface area contributed by atoms with Gasteiger partial charge in [0.2, 0.25) is 0 Å². The Bertz CT molecular complexity index is 275.